The molecular weight excluding hydrogens is 380 g/mol. The first kappa shape index (κ1) is 19.4. The van der Waals surface area contributed by atoms with E-state index in [1.807, 2.05) is 0 Å². The van der Waals surface area contributed by atoms with Gasteiger partial charge in [-0.25, -0.2) is 9.36 Å². The lowest BCUT2D eigenvalue weighted by atomic mass is 10.1. The zero-order valence-electron chi connectivity index (χ0n) is 14.9. The van der Waals surface area contributed by atoms with Crippen molar-refractivity contribution in [3.8, 4) is 0 Å². The summed E-state index contributed by atoms with van der Waals surface area (Å²) in [5.41, 5.74) is 0.961. The second-order valence-electron chi connectivity index (χ2n) is 5.84. The minimum absolute atomic E-state index is 0.165. The van der Waals surface area contributed by atoms with Crippen LogP contribution in [0, 0.1) is 5.41 Å². The van der Waals surface area contributed by atoms with E-state index in [2.05, 4.69) is 0 Å². The molecule has 1 aromatic heterocycles. The van der Waals surface area contributed by atoms with Gasteiger partial charge in [0, 0.05) is 5.56 Å². The quantitative estimate of drug-likeness (QED) is 0.298. The van der Waals surface area contributed by atoms with Crippen LogP contribution in [-0.4, -0.2) is 34.6 Å². The normalized spacial score (nSPS) is 10.6. The molecule has 0 saturated carbocycles. The maximum absolute atomic E-state index is 12.6. The van der Waals surface area contributed by atoms with Crippen molar-refractivity contribution >= 4 is 45.0 Å². The minimum Gasteiger partial charge on any atom is -0.462 e. The summed E-state index contributed by atoms with van der Waals surface area (Å²) in [5, 5.41) is 8.04. The SMILES string of the molecule is CCOC(=O)c1ccc2c(c1)sc(=N)n2C(=O)C(=O)CC(=O)c1ccccc1. The Morgan fingerprint density at radius 3 is 2.43 bits per heavy atom. The molecule has 0 spiro atoms. The first-order valence-electron chi connectivity index (χ1n) is 8.45. The summed E-state index contributed by atoms with van der Waals surface area (Å²) >= 11 is 0.953. The van der Waals surface area contributed by atoms with Crippen LogP contribution in [0.1, 0.15) is 38.9 Å². The third-order valence-corrected chi connectivity index (χ3v) is 4.90. The van der Waals surface area contributed by atoms with Crippen LogP contribution in [0.25, 0.3) is 10.2 Å². The summed E-state index contributed by atoms with van der Waals surface area (Å²) in [6.45, 7) is 1.92. The molecule has 0 bridgehead atoms. The Morgan fingerprint density at radius 1 is 1.04 bits per heavy atom. The second kappa shape index (κ2) is 8.10. The Kier molecular flexibility index (Phi) is 5.60. The highest BCUT2D eigenvalue weighted by molar-refractivity contribution is 7.16. The number of hydrogen-bond acceptors (Lipinski definition) is 7. The average Bonchev–Trinajstić information content (AvgIpc) is 3.02. The van der Waals surface area contributed by atoms with Gasteiger partial charge in [-0.1, -0.05) is 41.7 Å². The van der Waals surface area contributed by atoms with E-state index in [4.69, 9.17) is 10.1 Å². The van der Waals surface area contributed by atoms with Gasteiger partial charge in [-0.3, -0.25) is 19.8 Å². The molecule has 1 N–H and O–H groups in total. The molecule has 142 valence electrons. The number of ketones is 2. The second-order valence-corrected chi connectivity index (χ2v) is 6.87. The molecule has 3 rings (SSSR count). The molecule has 3 aromatic rings. The number of thiazole rings is 1. The monoisotopic (exact) mass is 396 g/mol. The molecule has 2 aromatic carbocycles. The van der Waals surface area contributed by atoms with Crippen LogP contribution < -0.4 is 4.80 Å². The molecule has 0 saturated heterocycles. The predicted molar refractivity (Wildman–Crippen MR) is 103 cm³/mol. The lowest BCUT2D eigenvalue weighted by molar-refractivity contribution is -0.114. The van der Waals surface area contributed by atoms with Crippen LogP contribution in [0.15, 0.2) is 48.5 Å². The minimum atomic E-state index is -0.954. The van der Waals surface area contributed by atoms with Crippen LogP contribution in [0.2, 0.25) is 0 Å². The summed E-state index contributed by atoms with van der Waals surface area (Å²) in [6.07, 6.45) is -0.576. The average molecular weight is 396 g/mol. The zero-order valence-corrected chi connectivity index (χ0v) is 15.7. The van der Waals surface area contributed by atoms with Crippen molar-refractivity contribution in [2.24, 2.45) is 0 Å². The first-order chi connectivity index (χ1) is 13.4. The van der Waals surface area contributed by atoms with Gasteiger partial charge in [0.25, 0.3) is 0 Å². The summed E-state index contributed by atoms with van der Waals surface area (Å²) in [4.78, 5) is 48.8. The molecule has 8 heteroatoms. The zero-order chi connectivity index (χ0) is 20.3. The summed E-state index contributed by atoms with van der Waals surface area (Å²) in [7, 11) is 0. The number of hydrogen-bond donors (Lipinski definition) is 1. The van der Waals surface area contributed by atoms with Gasteiger partial charge < -0.3 is 4.74 Å². The third kappa shape index (κ3) is 3.81. The van der Waals surface area contributed by atoms with Crippen molar-refractivity contribution < 1.29 is 23.9 Å². The van der Waals surface area contributed by atoms with Crippen LogP contribution in [-0.2, 0) is 9.53 Å². The number of fused-ring (bicyclic) bond motifs is 1. The van der Waals surface area contributed by atoms with Gasteiger partial charge in [0.05, 0.1) is 28.8 Å². The number of rotatable bonds is 6. The molecule has 0 radical (unpaired) electrons. The summed E-state index contributed by atoms with van der Waals surface area (Å²) in [6, 6.07) is 12.7. The van der Waals surface area contributed by atoms with E-state index in [0.29, 0.717) is 21.3 Å². The van der Waals surface area contributed by atoms with Crippen molar-refractivity contribution in [3.63, 3.8) is 0 Å². The molecule has 0 aliphatic heterocycles. The highest BCUT2D eigenvalue weighted by Crippen LogP contribution is 2.20. The fourth-order valence-corrected chi connectivity index (χ4v) is 3.59. The number of ether oxygens (including phenoxy) is 1. The fraction of sp³-hybridized carbons (Fsp3) is 0.150. The number of Topliss-reactive ketones (excluding diaryl/α,β-unsaturated/α-hetero) is 2. The smallest absolute Gasteiger partial charge is 0.338 e. The van der Waals surface area contributed by atoms with E-state index in [9.17, 15) is 19.2 Å². The Morgan fingerprint density at radius 2 is 1.75 bits per heavy atom. The van der Waals surface area contributed by atoms with Crippen LogP contribution in [0.4, 0.5) is 0 Å². The van der Waals surface area contributed by atoms with E-state index in [0.717, 1.165) is 15.9 Å². The lowest BCUT2D eigenvalue weighted by Crippen LogP contribution is -2.30. The number of nitrogens with zero attached hydrogens (tertiary/aromatic N) is 1. The molecule has 7 nitrogen and oxygen atoms in total. The number of nitrogens with one attached hydrogen (secondary N) is 1. The maximum Gasteiger partial charge on any atom is 0.338 e. The number of esters is 1. The van der Waals surface area contributed by atoms with Gasteiger partial charge in [-0.05, 0) is 25.1 Å². The lowest BCUT2D eigenvalue weighted by Gasteiger charge is -2.04. The molecule has 0 aliphatic rings. The molecular formula is C20H16N2O5S. The summed E-state index contributed by atoms with van der Waals surface area (Å²) in [5.74, 6) is -2.83. The van der Waals surface area contributed by atoms with Crippen molar-refractivity contribution in [1.29, 1.82) is 5.41 Å². The van der Waals surface area contributed by atoms with Gasteiger partial charge in [-0.15, -0.1) is 0 Å². The Hall–Kier alpha value is -3.39. The van der Waals surface area contributed by atoms with Crippen LogP contribution in [0.5, 0.6) is 0 Å². The van der Waals surface area contributed by atoms with Gasteiger partial charge in [-0.2, -0.15) is 0 Å². The topological polar surface area (TPSA) is 106 Å². The van der Waals surface area contributed by atoms with Crippen molar-refractivity contribution in [2.45, 2.75) is 13.3 Å². The molecule has 1 heterocycles. The number of carbonyl (C=O) groups excluding carboxylic acids is 4. The number of carbonyl (C=O) groups is 4. The molecule has 28 heavy (non-hydrogen) atoms. The van der Waals surface area contributed by atoms with E-state index >= 15 is 0 Å². The number of aromatic nitrogens is 1. The van der Waals surface area contributed by atoms with Gasteiger partial charge in [0.1, 0.15) is 0 Å². The van der Waals surface area contributed by atoms with Crippen LogP contribution >= 0.6 is 11.3 Å². The fourth-order valence-electron chi connectivity index (χ4n) is 2.66. The van der Waals surface area contributed by atoms with Crippen LogP contribution in [0.3, 0.4) is 0 Å². The predicted octanol–water partition coefficient (Wildman–Crippen LogP) is 2.84. The molecule has 0 unspecified atom stereocenters. The van der Waals surface area contributed by atoms with Gasteiger partial charge in [0.2, 0.25) is 5.78 Å². The largest absolute Gasteiger partial charge is 0.462 e. The molecule has 0 aliphatic carbocycles. The Bertz CT molecular complexity index is 1140. The van der Waals surface area contributed by atoms with Crippen molar-refractivity contribution in [1.82, 2.24) is 4.57 Å². The Balaban J connectivity index is 1.88. The highest BCUT2D eigenvalue weighted by Gasteiger charge is 2.23. The van der Waals surface area contributed by atoms with E-state index in [-0.39, 0.29) is 11.4 Å². The standard InChI is InChI=1S/C20H16N2O5S/c1-2-27-19(26)13-8-9-14-17(10-13)28-20(21)22(14)18(25)16(24)11-15(23)12-6-4-3-5-7-12/h3-10,21H,2,11H2,1H3. The molecule has 0 atom stereocenters. The summed E-state index contributed by atoms with van der Waals surface area (Å²) < 4.78 is 6.38. The van der Waals surface area contributed by atoms with Crippen molar-refractivity contribution in [2.75, 3.05) is 6.61 Å². The highest BCUT2D eigenvalue weighted by atomic mass is 32.1. The van der Waals surface area contributed by atoms with Crippen molar-refractivity contribution in [3.05, 3.63) is 64.5 Å². The van der Waals surface area contributed by atoms with E-state index < -0.39 is 29.9 Å². The maximum atomic E-state index is 12.6. The molecule has 0 fully saturated rings. The first-order valence-corrected chi connectivity index (χ1v) is 9.27. The third-order valence-electron chi connectivity index (χ3n) is 3.98. The van der Waals surface area contributed by atoms with Gasteiger partial charge in [0.15, 0.2) is 10.6 Å². The Labute approximate surface area is 163 Å². The van der Waals surface area contributed by atoms with E-state index in [1.165, 1.54) is 18.2 Å². The number of benzene rings is 2. The van der Waals surface area contributed by atoms with E-state index in [1.54, 1.807) is 37.3 Å². The van der Waals surface area contributed by atoms with Gasteiger partial charge >= 0.3 is 11.9 Å². The molecule has 0 amide bonds.